The first-order valence-corrected chi connectivity index (χ1v) is 25.1. The molecule has 1 aromatic heterocycles. The van der Waals surface area contributed by atoms with Crippen LogP contribution in [-0.4, -0.2) is 6.71 Å². The van der Waals surface area contributed by atoms with Gasteiger partial charge >= 0.3 is 0 Å². The zero-order valence-corrected chi connectivity index (χ0v) is 42.0. The zero-order valence-electron chi connectivity index (χ0n) is 42.0. The molecule has 3 heterocycles. The summed E-state index contributed by atoms with van der Waals surface area (Å²) in [5.41, 5.74) is 21.1. The maximum absolute atomic E-state index is 7.74. The summed E-state index contributed by atoms with van der Waals surface area (Å²) in [4.78, 5) is 7.72. The van der Waals surface area contributed by atoms with Gasteiger partial charge in [0.1, 0.15) is 5.76 Å². The molecule has 0 spiro atoms. The fourth-order valence-electron chi connectivity index (χ4n) is 12.2. The Morgan fingerprint density at radius 3 is 1.70 bits per heavy atom. The van der Waals surface area contributed by atoms with Gasteiger partial charge in [0.25, 0.3) is 6.71 Å². The molecule has 0 atom stereocenters. The molecule has 11 rings (SSSR count). The van der Waals surface area contributed by atoms with E-state index in [1.807, 2.05) is 0 Å². The van der Waals surface area contributed by atoms with Gasteiger partial charge in [-0.1, -0.05) is 150 Å². The van der Waals surface area contributed by atoms with Crippen molar-refractivity contribution in [3.8, 4) is 0 Å². The summed E-state index contributed by atoms with van der Waals surface area (Å²) in [7, 11) is 0. The van der Waals surface area contributed by atoms with Crippen LogP contribution in [0.1, 0.15) is 154 Å². The van der Waals surface area contributed by atoms with Crippen molar-refractivity contribution in [2.24, 2.45) is 0 Å². The van der Waals surface area contributed by atoms with Crippen LogP contribution in [0.15, 0.2) is 138 Å². The van der Waals surface area contributed by atoms with E-state index in [2.05, 4.69) is 231 Å². The van der Waals surface area contributed by atoms with Crippen LogP contribution in [0.25, 0.3) is 0 Å². The lowest BCUT2D eigenvalue weighted by atomic mass is 9.35. The van der Waals surface area contributed by atoms with Crippen molar-refractivity contribution < 1.29 is 4.42 Å². The van der Waals surface area contributed by atoms with Gasteiger partial charge in [0.2, 0.25) is 0 Å². The zero-order chi connectivity index (χ0) is 46.9. The van der Waals surface area contributed by atoms with Crippen LogP contribution in [0, 0.1) is 0 Å². The van der Waals surface area contributed by atoms with E-state index in [0.29, 0.717) is 11.8 Å². The fourth-order valence-corrected chi connectivity index (χ4v) is 12.2. The number of anilines is 9. The summed E-state index contributed by atoms with van der Waals surface area (Å²) < 4.78 is 7.74. The van der Waals surface area contributed by atoms with Crippen LogP contribution >= 0.6 is 0 Å². The molecule has 0 radical (unpaired) electrons. The van der Waals surface area contributed by atoms with Crippen LogP contribution in [0.3, 0.4) is 0 Å². The van der Waals surface area contributed by atoms with E-state index in [1.54, 1.807) is 0 Å². The van der Waals surface area contributed by atoms with Crippen molar-refractivity contribution in [3.05, 3.63) is 167 Å². The molecule has 0 N–H and O–H groups in total. The number of furan rings is 1. The molecule has 2 aliphatic heterocycles. The van der Waals surface area contributed by atoms with Crippen molar-refractivity contribution in [1.82, 2.24) is 0 Å². The Hall–Kier alpha value is -5.94. The second-order valence-electron chi connectivity index (χ2n) is 23.5. The largest absolute Gasteiger partial charge is 0.472 e. The summed E-state index contributed by atoms with van der Waals surface area (Å²) in [5, 5.41) is 0. The van der Waals surface area contributed by atoms with E-state index in [0.717, 1.165) is 47.7 Å². The number of hydrogen-bond donors (Lipinski definition) is 0. The maximum Gasteiger partial charge on any atom is 0.297 e. The molecule has 6 aromatic carbocycles. The predicted octanol–water partition coefficient (Wildman–Crippen LogP) is 15.8. The van der Waals surface area contributed by atoms with Gasteiger partial charge < -0.3 is 19.1 Å². The third-order valence-corrected chi connectivity index (χ3v) is 16.4. The molecule has 0 saturated heterocycles. The molecule has 2 aliphatic carbocycles. The summed E-state index contributed by atoms with van der Waals surface area (Å²) in [6, 6.07) is 50.9. The van der Waals surface area contributed by atoms with E-state index in [4.69, 9.17) is 4.42 Å². The second-order valence-corrected chi connectivity index (χ2v) is 23.5. The van der Waals surface area contributed by atoms with Gasteiger partial charge in [-0.25, -0.2) is 0 Å². The molecule has 0 unspecified atom stereocenters. The lowest BCUT2D eigenvalue weighted by Crippen LogP contribution is -2.61. The van der Waals surface area contributed by atoms with Crippen LogP contribution in [0.2, 0.25) is 0 Å². The van der Waals surface area contributed by atoms with E-state index in [-0.39, 0.29) is 28.4 Å². The first kappa shape index (κ1) is 43.6. The third kappa shape index (κ3) is 6.84. The molecule has 7 aromatic rings. The highest BCUT2D eigenvalue weighted by molar-refractivity contribution is 6.99. The van der Waals surface area contributed by atoms with E-state index in [1.165, 1.54) is 79.3 Å². The Kier molecular flexibility index (Phi) is 9.96. The summed E-state index contributed by atoms with van der Waals surface area (Å²) in [5.74, 6) is 1.89. The second kappa shape index (κ2) is 15.3. The summed E-state index contributed by atoms with van der Waals surface area (Å²) in [6.45, 7) is 28.7. The molecular formula is C62H68BN3O. The lowest BCUT2D eigenvalue weighted by Gasteiger charge is -2.46. The number of para-hydroxylation sites is 2. The minimum atomic E-state index is -0.129. The number of rotatable bonds is 7. The third-order valence-electron chi connectivity index (χ3n) is 16.4. The fraction of sp³-hybridized carbons (Fsp3) is 0.355. The molecule has 4 aliphatic rings. The Bertz CT molecular complexity index is 3020. The van der Waals surface area contributed by atoms with Crippen LogP contribution in [0.4, 0.5) is 51.2 Å². The first-order chi connectivity index (χ1) is 31.9. The molecule has 5 heteroatoms. The van der Waals surface area contributed by atoms with Crippen molar-refractivity contribution in [2.75, 3.05) is 14.7 Å². The molecule has 340 valence electrons. The lowest BCUT2D eigenvalue weighted by molar-refractivity contribution is 0.282. The van der Waals surface area contributed by atoms with Gasteiger partial charge in [0, 0.05) is 50.8 Å². The SMILES string of the molecule is CC(C)c1cccc(N2c3cc(C(C)C)ccc3B3c4oc5c(c4N(c4ccc6c(c4)C(C)(C)CCC6(C)C)c4cc(N(c6ccccc6)c6ccccc6)cc2c43)C(C)(C)CCC5(C)C)c1. The molecule has 0 bridgehead atoms. The first-order valence-electron chi connectivity index (χ1n) is 25.1. The maximum atomic E-state index is 7.74. The Morgan fingerprint density at radius 1 is 0.493 bits per heavy atom. The average molecular weight is 882 g/mol. The smallest absolute Gasteiger partial charge is 0.297 e. The Morgan fingerprint density at radius 2 is 1.06 bits per heavy atom. The highest BCUT2D eigenvalue weighted by atomic mass is 16.3. The van der Waals surface area contributed by atoms with Gasteiger partial charge in [-0.2, -0.15) is 0 Å². The van der Waals surface area contributed by atoms with E-state index < -0.39 is 0 Å². The molecule has 0 amide bonds. The van der Waals surface area contributed by atoms with E-state index >= 15 is 0 Å². The minimum absolute atomic E-state index is 0.0308. The quantitative estimate of drug-likeness (QED) is 0.149. The standard InChI is InChI=1S/C62H68BN3O/c1-39(2)41-20-19-25-45(34-41)65-51-35-42(40(3)4)26-29-50(51)63-55-52(65)37-47(64(43-21-15-13-16-22-43)44-23-17-14-18-24-44)38-53(55)66(46-27-28-48-49(36-46)60(7,8)31-30-59(48,5)6)56-54-57(67-58(56)63)62(11,12)33-32-61(54,9)10/h13-29,34-40H,30-33H2,1-12H3. The molecule has 0 saturated carbocycles. The number of hydrogen-bond acceptors (Lipinski definition) is 4. The van der Waals surface area contributed by atoms with E-state index in [9.17, 15) is 0 Å². The molecule has 4 nitrogen and oxygen atoms in total. The number of fused-ring (bicyclic) bond motifs is 7. The van der Waals surface area contributed by atoms with Gasteiger partial charge in [0.05, 0.1) is 17.0 Å². The minimum Gasteiger partial charge on any atom is -0.472 e. The van der Waals surface area contributed by atoms with Crippen LogP contribution in [0.5, 0.6) is 0 Å². The van der Waals surface area contributed by atoms with Crippen LogP contribution in [-0.2, 0) is 21.7 Å². The number of nitrogens with zero attached hydrogens (tertiary/aromatic N) is 3. The van der Waals surface area contributed by atoms with Gasteiger partial charge in [0.15, 0.2) is 0 Å². The van der Waals surface area contributed by atoms with Crippen molar-refractivity contribution in [1.29, 1.82) is 0 Å². The van der Waals surface area contributed by atoms with Crippen molar-refractivity contribution >= 4 is 74.5 Å². The van der Waals surface area contributed by atoms with Gasteiger partial charge in [-0.3, -0.25) is 0 Å². The van der Waals surface area contributed by atoms with Gasteiger partial charge in [-0.15, -0.1) is 0 Å². The molecule has 0 fully saturated rings. The van der Waals surface area contributed by atoms with Crippen molar-refractivity contribution in [2.45, 2.75) is 142 Å². The Balaban J connectivity index is 1.31. The molecular weight excluding hydrogens is 814 g/mol. The van der Waals surface area contributed by atoms with Crippen molar-refractivity contribution in [3.63, 3.8) is 0 Å². The van der Waals surface area contributed by atoms with Crippen LogP contribution < -0.4 is 31.3 Å². The number of benzene rings is 6. The Labute approximate surface area is 401 Å². The summed E-state index contributed by atoms with van der Waals surface area (Å²) in [6.07, 6.45) is 4.49. The monoisotopic (exact) mass is 882 g/mol. The highest BCUT2D eigenvalue weighted by Crippen LogP contribution is 2.57. The average Bonchev–Trinajstić information content (AvgIpc) is 3.73. The summed E-state index contributed by atoms with van der Waals surface area (Å²) >= 11 is 0. The van der Waals surface area contributed by atoms with Gasteiger partial charge in [-0.05, 0) is 154 Å². The topological polar surface area (TPSA) is 22.9 Å². The highest BCUT2D eigenvalue weighted by Gasteiger charge is 2.53. The predicted molar refractivity (Wildman–Crippen MR) is 286 cm³/mol. The normalized spacial score (nSPS) is 18.0. The molecule has 67 heavy (non-hydrogen) atoms.